The van der Waals surface area contributed by atoms with Crippen molar-refractivity contribution in [2.75, 3.05) is 19.7 Å². The van der Waals surface area contributed by atoms with Crippen molar-refractivity contribution in [3.63, 3.8) is 0 Å². The number of ether oxygens (including phenoxy) is 1. The zero-order chi connectivity index (χ0) is 22.8. The van der Waals surface area contributed by atoms with Gasteiger partial charge >= 0.3 is 0 Å². The van der Waals surface area contributed by atoms with Crippen LogP contribution in [0.3, 0.4) is 0 Å². The molecule has 2 N–H and O–H groups in total. The lowest BCUT2D eigenvalue weighted by molar-refractivity contribution is 0.0558. The molecule has 0 aliphatic carbocycles. The van der Waals surface area contributed by atoms with E-state index in [0.717, 1.165) is 36.6 Å². The monoisotopic (exact) mass is 438 g/mol. The smallest absolute Gasteiger partial charge is 0.252 e. The Labute approximate surface area is 190 Å². The highest BCUT2D eigenvalue weighted by atomic mass is 16.5. The number of amides is 1. The lowest BCUT2D eigenvalue weighted by Crippen LogP contribution is -2.48. The molecule has 1 amide bonds. The molecule has 1 aliphatic rings. The number of aromatic nitrogens is 3. The van der Waals surface area contributed by atoms with E-state index in [1.807, 2.05) is 18.2 Å². The Balaban J connectivity index is 1.17. The van der Waals surface area contributed by atoms with Gasteiger partial charge in [-0.05, 0) is 42.0 Å². The van der Waals surface area contributed by atoms with Crippen LogP contribution in [0, 0.1) is 17.2 Å². The zero-order valence-electron chi connectivity index (χ0n) is 17.9. The molecule has 4 aromatic rings. The summed E-state index contributed by atoms with van der Waals surface area (Å²) in [6.45, 7) is 3.54. The lowest BCUT2D eigenvalue weighted by atomic mass is 9.99. The Morgan fingerprint density at radius 3 is 2.55 bits per heavy atom. The second-order valence-corrected chi connectivity index (χ2v) is 8.20. The topological polar surface area (TPSA) is 110 Å². The summed E-state index contributed by atoms with van der Waals surface area (Å²) < 4.78 is 7.49. The molecule has 0 unspecified atom stereocenters. The van der Waals surface area contributed by atoms with Gasteiger partial charge in [0.15, 0.2) is 5.65 Å². The number of benzene rings is 2. The molecule has 2 aromatic heterocycles. The third-order valence-electron chi connectivity index (χ3n) is 5.85. The Morgan fingerprint density at radius 1 is 1.09 bits per heavy atom. The van der Waals surface area contributed by atoms with Crippen LogP contribution in [0.2, 0.25) is 0 Å². The molecule has 2 aromatic carbocycles. The van der Waals surface area contributed by atoms with E-state index < -0.39 is 5.91 Å². The first-order valence-corrected chi connectivity index (χ1v) is 10.7. The molecule has 0 atom stereocenters. The standard InChI is InChI=1S/C25H22N6O2/c26-11-17-3-7-21(8-4-17)33-15-19-13-30(14-19)12-18-1-5-20(6-2-18)23-10-9-22(24(27)32)25-28-16-29-31(23)25/h1-10,16,19H,12-15H2,(H2,27,32). The van der Waals surface area contributed by atoms with Gasteiger partial charge in [0.05, 0.1) is 29.5 Å². The summed E-state index contributed by atoms with van der Waals surface area (Å²) in [7, 11) is 0. The van der Waals surface area contributed by atoms with E-state index in [-0.39, 0.29) is 0 Å². The molecule has 8 nitrogen and oxygen atoms in total. The van der Waals surface area contributed by atoms with Crippen molar-refractivity contribution in [3.05, 3.63) is 83.7 Å². The average molecular weight is 438 g/mol. The fourth-order valence-electron chi connectivity index (χ4n) is 4.11. The van der Waals surface area contributed by atoms with Crippen LogP contribution in [0.15, 0.2) is 67.0 Å². The van der Waals surface area contributed by atoms with E-state index in [0.29, 0.717) is 29.3 Å². The Kier molecular flexibility index (Phi) is 5.47. The molecule has 8 heteroatoms. The minimum Gasteiger partial charge on any atom is -0.493 e. The van der Waals surface area contributed by atoms with Crippen molar-refractivity contribution in [3.8, 4) is 23.1 Å². The molecule has 1 fully saturated rings. The number of pyridine rings is 1. The van der Waals surface area contributed by atoms with Crippen LogP contribution in [0.25, 0.3) is 16.9 Å². The van der Waals surface area contributed by atoms with Crippen LogP contribution in [0.4, 0.5) is 0 Å². The fraction of sp³-hybridized carbons (Fsp3) is 0.200. The normalized spacial score (nSPS) is 14.0. The SMILES string of the molecule is N#Cc1ccc(OCC2CN(Cc3ccc(-c4ccc(C(N)=O)c5ncnn45)cc3)C2)cc1. The predicted molar refractivity (Wildman–Crippen MR) is 122 cm³/mol. The van der Waals surface area contributed by atoms with Gasteiger partial charge in [0.2, 0.25) is 0 Å². The Hall–Kier alpha value is -4.22. The second-order valence-electron chi connectivity index (χ2n) is 8.20. The van der Waals surface area contributed by atoms with E-state index in [4.69, 9.17) is 15.7 Å². The number of carbonyl (C=O) groups is 1. The van der Waals surface area contributed by atoms with Crippen LogP contribution >= 0.6 is 0 Å². The van der Waals surface area contributed by atoms with Gasteiger partial charge in [0.1, 0.15) is 12.1 Å². The predicted octanol–water partition coefficient (Wildman–Crippen LogP) is 2.88. The highest BCUT2D eigenvalue weighted by molar-refractivity contribution is 5.99. The first-order chi connectivity index (χ1) is 16.1. The number of likely N-dealkylation sites (tertiary alicyclic amines) is 1. The molecule has 5 rings (SSSR count). The number of hydrogen-bond donors (Lipinski definition) is 1. The van der Waals surface area contributed by atoms with Gasteiger partial charge in [-0.25, -0.2) is 9.50 Å². The van der Waals surface area contributed by atoms with Crippen LogP contribution < -0.4 is 10.5 Å². The maximum Gasteiger partial charge on any atom is 0.252 e. The molecule has 33 heavy (non-hydrogen) atoms. The summed E-state index contributed by atoms with van der Waals surface area (Å²) in [5, 5.41) is 13.1. The Morgan fingerprint density at radius 2 is 1.85 bits per heavy atom. The van der Waals surface area contributed by atoms with E-state index in [9.17, 15) is 4.79 Å². The van der Waals surface area contributed by atoms with E-state index in [2.05, 4.69) is 45.3 Å². The molecular formula is C25H22N6O2. The van der Waals surface area contributed by atoms with Gasteiger partial charge in [0.25, 0.3) is 5.91 Å². The second kappa shape index (κ2) is 8.73. The summed E-state index contributed by atoms with van der Waals surface area (Å²) in [5.41, 5.74) is 9.95. The number of hydrogen-bond acceptors (Lipinski definition) is 6. The minimum absolute atomic E-state index is 0.350. The van der Waals surface area contributed by atoms with Gasteiger partial charge in [-0.2, -0.15) is 10.4 Å². The molecule has 0 spiro atoms. The fourth-order valence-corrected chi connectivity index (χ4v) is 4.11. The van der Waals surface area contributed by atoms with Gasteiger partial charge in [0, 0.05) is 31.1 Å². The molecule has 0 saturated carbocycles. The third-order valence-corrected chi connectivity index (χ3v) is 5.85. The zero-order valence-corrected chi connectivity index (χ0v) is 17.9. The first-order valence-electron chi connectivity index (χ1n) is 10.7. The van der Waals surface area contributed by atoms with Crippen molar-refractivity contribution in [2.45, 2.75) is 6.54 Å². The van der Waals surface area contributed by atoms with Crippen molar-refractivity contribution >= 4 is 11.6 Å². The van der Waals surface area contributed by atoms with Crippen LogP contribution in [0.1, 0.15) is 21.5 Å². The number of primary amides is 1. The summed E-state index contributed by atoms with van der Waals surface area (Å²) in [4.78, 5) is 18.2. The van der Waals surface area contributed by atoms with Crippen molar-refractivity contribution in [1.29, 1.82) is 5.26 Å². The Bertz CT molecular complexity index is 1330. The summed E-state index contributed by atoms with van der Waals surface area (Å²) in [6, 6.07) is 21.2. The van der Waals surface area contributed by atoms with Gasteiger partial charge in [-0.3, -0.25) is 9.69 Å². The molecule has 1 saturated heterocycles. The average Bonchev–Trinajstić information content (AvgIpc) is 3.30. The number of nitrogens with two attached hydrogens (primary N) is 1. The van der Waals surface area contributed by atoms with E-state index in [1.165, 1.54) is 11.9 Å². The van der Waals surface area contributed by atoms with Crippen molar-refractivity contribution in [2.24, 2.45) is 11.7 Å². The molecule has 1 aliphatic heterocycles. The quantitative estimate of drug-likeness (QED) is 0.475. The largest absolute Gasteiger partial charge is 0.493 e. The highest BCUT2D eigenvalue weighted by Crippen LogP contribution is 2.24. The number of fused-ring (bicyclic) bond motifs is 1. The summed E-state index contributed by atoms with van der Waals surface area (Å²) >= 11 is 0. The number of carbonyl (C=O) groups excluding carboxylic acids is 1. The van der Waals surface area contributed by atoms with E-state index in [1.54, 1.807) is 22.7 Å². The minimum atomic E-state index is -0.523. The lowest BCUT2D eigenvalue weighted by Gasteiger charge is -2.39. The third kappa shape index (κ3) is 4.27. The first kappa shape index (κ1) is 20.7. The van der Waals surface area contributed by atoms with Gasteiger partial charge in [-0.1, -0.05) is 24.3 Å². The summed E-state index contributed by atoms with van der Waals surface area (Å²) in [6.07, 6.45) is 1.42. The van der Waals surface area contributed by atoms with Crippen LogP contribution in [-0.2, 0) is 6.54 Å². The van der Waals surface area contributed by atoms with Crippen molar-refractivity contribution in [1.82, 2.24) is 19.5 Å². The molecule has 164 valence electrons. The highest BCUT2D eigenvalue weighted by Gasteiger charge is 2.27. The van der Waals surface area contributed by atoms with E-state index >= 15 is 0 Å². The molecule has 0 radical (unpaired) electrons. The number of nitriles is 1. The molecule has 0 bridgehead atoms. The maximum absolute atomic E-state index is 11.6. The number of nitrogens with zero attached hydrogens (tertiary/aromatic N) is 5. The number of rotatable bonds is 7. The van der Waals surface area contributed by atoms with Gasteiger partial charge < -0.3 is 10.5 Å². The van der Waals surface area contributed by atoms with Crippen LogP contribution in [-0.4, -0.2) is 45.1 Å². The van der Waals surface area contributed by atoms with Crippen LogP contribution in [0.5, 0.6) is 5.75 Å². The van der Waals surface area contributed by atoms with Crippen molar-refractivity contribution < 1.29 is 9.53 Å². The molecular weight excluding hydrogens is 416 g/mol. The molecule has 3 heterocycles. The summed E-state index contributed by atoms with van der Waals surface area (Å²) in [5.74, 6) is 0.780. The maximum atomic E-state index is 11.6. The van der Waals surface area contributed by atoms with Gasteiger partial charge in [-0.15, -0.1) is 0 Å².